The number of rotatable bonds is 5. The van der Waals surface area contributed by atoms with Gasteiger partial charge in [0.05, 0.1) is 5.92 Å². The maximum absolute atomic E-state index is 10.4. The molecule has 0 radical (unpaired) electrons. The van der Waals surface area contributed by atoms with Crippen LogP contribution in [0, 0.1) is 11.8 Å². The summed E-state index contributed by atoms with van der Waals surface area (Å²) in [4.78, 5) is 10.4. The molecule has 1 N–H and O–H groups in total. The number of carboxylic acids is 1. The third kappa shape index (κ3) is 4.82. The van der Waals surface area contributed by atoms with Crippen molar-refractivity contribution in [2.75, 3.05) is 0 Å². The third-order valence-corrected chi connectivity index (χ3v) is 2.21. The maximum atomic E-state index is 10.4. The van der Waals surface area contributed by atoms with Crippen LogP contribution in [0.25, 0.3) is 0 Å². The first-order valence-electron chi connectivity index (χ1n) is 4.30. The maximum Gasteiger partial charge on any atom is 0.306 e. The summed E-state index contributed by atoms with van der Waals surface area (Å²) in [5, 5.41) is 8.57. The fraction of sp³-hybridized carbons (Fsp3) is 0.889. The van der Waals surface area contributed by atoms with Crippen LogP contribution in [0.15, 0.2) is 0 Å². The van der Waals surface area contributed by atoms with E-state index in [2.05, 4.69) is 13.8 Å². The molecule has 0 aromatic carbocycles. The van der Waals surface area contributed by atoms with Crippen LogP contribution in [-0.4, -0.2) is 11.1 Å². The summed E-state index contributed by atoms with van der Waals surface area (Å²) in [7, 11) is 0. The van der Waals surface area contributed by atoms with Crippen molar-refractivity contribution in [1.82, 2.24) is 0 Å². The van der Waals surface area contributed by atoms with Crippen molar-refractivity contribution in [1.29, 1.82) is 0 Å². The van der Waals surface area contributed by atoms with Crippen LogP contribution < -0.4 is 0 Å². The molecule has 11 heavy (non-hydrogen) atoms. The van der Waals surface area contributed by atoms with E-state index in [1.54, 1.807) is 6.92 Å². The molecule has 0 rings (SSSR count). The first kappa shape index (κ1) is 10.5. The summed E-state index contributed by atoms with van der Waals surface area (Å²) in [5.74, 6) is -0.186. The summed E-state index contributed by atoms with van der Waals surface area (Å²) in [6.07, 6.45) is 2.99. The Morgan fingerprint density at radius 2 is 1.91 bits per heavy atom. The minimum absolute atomic E-state index is 0.177. The first-order chi connectivity index (χ1) is 5.07. The number of carbonyl (C=O) groups is 1. The van der Waals surface area contributed by atoms with Crippen molar-refractivity contribution in [2.45, 2.75) is 40.0 Å². The number of carboxylic acid groups (broad SMARTS) is 1. The number of hydrogen-bond donors (Lipinski definition) is 1. The van der Waals surface area contributed by atoms with E-state index in [9.17, 15) is 4.79 Å². The Balaban J connectivity index is 3.45. The second-order valence-electron chi connectivity index (χ2n) is 3.33. The van der Waals surface area contributed by atoms with Gasteiger partial charge in [-0.1, -0.05) is 27.2 Å². The molecule has 0 spiro atoms. The lowest BCUT2D eigenvalue weighted by Crippen LogP contribution is -2.10. The molecule has 0 aliphatic heterocycles. The molecule has 0 aliphatic carbocycles. The smallest absolute Gasteiger partial charge is 0.306 e. The van der Waals surface area contributed by atoms with Crippen molar-refractivity contribution < 1.29 is 9.90 Å². The third-order valence-electron chi connectivity index (χ3n) is 2.21. The molecule has 0 heterocycles. The van der Waals surface area contributed by atoms with Gasteiger partial charge >= 0.3 is 5.97 Å². The van der Waals surface area contributed by atoms with Gasteiger partial charge in [-0.25, -0.2) is 0 Å². The fourth-order valence-corrected chi connectivity index (χ4v) is 0.862. The molecule has 2 nitrogen and oxygen atoms in total. The van der Waals surface area contributed by atoms with E-state index in [1.165, 1.54) is 0 Å². The lowest BCUT2D eigenvalue weighted by Gasteiger charge is -2.09. The van der Waals surface area contributed by atoms with Gasteiger partial charge in [0, 0.05) is 0 Å². The van der Waals surface area contributed by atoms with Gasteiger partial charge in [-0.05, 0) is 18.8 Å². The Kier molecular flexibility index (Phi) is 4.92. The van der Waals surface area contributed by atoms with E-state index >= 15 is 0 Å². The van der Waals surface area contributed by atoms with E-state index in [-0.39, 0.29) is 5.92 Å². The molecule has 66 valence electrons. The largest absolute Gasteiger partial charge is 0.481 e. The Labute approximate surface area is 68.6 Å². The summed E-state index contributed by atoms with van der Waals surface area (Å²) < 4.78 is 0. The first-order valence-corrected chi connectivity index (χ1v) is 4.30. The zero-order valence-electron chi connectivity index (χ0n) is 7.63. The minimum atomic E-state index is -0.673. The number of hydrogen-bond acceptors (Lipinski definition) is 1. The minimum Gasteiger partial charge on any atom is -0.481 e. The molecule has 0 aromatic rings. The highest BCUT2D eigenvalue weighted by molar-refractivity contribution is 5.69. The SMILES string of the molecule is CCC(C)CC[C@H](C)C(=O)O. The average Bonchev–Trinajstić information content (AvgIpc) is 1.99. The zero-order chi connectivity index (χ0) is 8.85. The van der Waals surface area contributed by atoms with Gasteiger partial charge in [-0.3, -0.25) is 4.79 Å². The predicted octanol–water partition coefficient (Wildman–Crippen LogP) is 2.53. The van der Waals surface area contributed by atoms with E-state index in [1.807, 2.05) is 0 Å². The van der Waals surface area contributed by atoms with Crippen LogP contribution in [0.1, 0.15) is 40.0 Å². The van der Waals surface area contributed by atoms with Crippen molar-refractivity contribution in [3.05, 3.63) is 0 Å². The molecule has 0 amide bonds. The standard InChI is InChI=1S/C9H18O2/c1-4-7(2)5-6-8(3)9(10)11/h7-8H,4-6H2,1-3H3,(H,10,11)/t7?,8-/m0/s1. The highest BCUT2D eigenvalue weighted by Gasteiger charge is 2.11. The number of aliphatic carboxylic acids is 1. The zero-order valence-corrected chi connectivity index (χ0v) is 7.63. The molecular weight excluding hydrogens is 140 g/mol. The summed E-state index contributed by atoms with van der Waals surface area (Å²) >= 11 is 0. The van der Waals surface area contributed by atoms with Crippen molar-refractivity contribution in [3.8, 4) is 0 Å². The van der Waals surface area contributed by atoms with Crippen molar-refractivity contribution >= 4 is 5.97 Å². The average molecular weight is 158 g/mol. The Bertz CT molecular complexity index is 121. The lowest BCUT2D eigenvalue weighted by molar-refractivity contribution is -0.141. The molecule has 0 saturated carbocycles. The summed E-state index contributed by atoms with van der Waals surface area (Å²) in [5.41, 5.74) is 0. The van der Waals surface area contributed by atoms with Gasteiger partial charge in [-0.2, -0.15) is 0 Å². The lowest BCUT2D eigenvalue weighted by atomic mass is 9.97. The Morgan fingerprint density at radius 3 is 2.27 bits per heavy atom. The molecular formula is C9H18O2. The molecule has 0 bridgehead atoms. The summed E-state index contributed by atoms with van der Waals surface area (Å²) in [6, 6.07) is 0. The van der Waals surface area contributed by atoms with E-state index < -0.39 is 5.97 Å². The molecule has 0 aromatic heterocycles. The van der Waals surface area contributed by atoms with Gasteiger partial charge in [0.1, 0.15) is 0 Å². The van der Waals surface area contributed by atoms with Crippen molar-refractivity contribution in [3.63, 3.8) is 0 Å². The molecule has 0 aliphatic rings. The van der Waals surface area contributed by atoms with Gasteiger partial charge in [0.15, 0.2) is 0 Å². The normalized spacial score (nSPS) is 15.9. The van der Waals surface area contributed by atoms with Crippen LogP contribution in [0.5, 0.6) is 0 Å². The van der Waals surface area contributed by atoms with Crippen molar-refractivity contribution in [2.24, 2.45) is 11.8 Å². The van der Waals surface area contributed by atoms with E-state index in [0.29, 0.717) is 5.92 Å². The van der Waals surface area contributed by atoms with Crippen LogP contribution in [0.2, 0.25) is 0 Å². The van der Waals surface area contributed by atoms with Gasteiger partial charge < -0.3 is 5.11 Å². The molecule has 2 heteroatoms. The van der Waals surface area contributed by atoms with E-state index in [4.69, 9.17) is 5.11 Å². The highest BCUT2D eigenvalue weighted by Crippen LogP contribution is 2.14. The van der Waals surface area contributed by atoms with E-state index in [0.717, 1.165) is 19.3 Å². The Morgan fingerprint density at radius 1 is 1.36 bits per heavy atom. The van der Waals surface area contributed by atoms with Crippen LogP contribution >= 0.6 is 0 Å². The fourth-order valence-electron chi connectivity index (χ4n) is 0.862. The topological polar surface area (TPSA) is 37.3 Å². The highest BCUT2D eigenvalue weighted by atomic mass is 16.4. The molecule has 0 saturated heterocycles. The van der Waals surface area contributed by atoms with Crippen LogP contribution in [-0.2, 0) is 4.79 Å². The molecule has 1 unspecified atom stereocenters. The summed E-state index contributed by atoms with van der Waals surface area (Å²) in [6.45, 7) is 6.06. The molecule has 2 atom stereocenters. The predicted molar refractivity (Wildman–Crippen MR) is 45.5 cm³/mol. The second kappa shape index (κ2) is 5.16. The monoisotopic (exact) mass is 158 g/mol. The van der Waals surface area contributed by atoms with Crippen LogP contribution in [0.3, 0.4) is 0 Å². The second-order valence-corrected chi connectivity index (χ2v) is 3.33. The van der Waals surface area contributed by atoms with Gasteiger partial charge in [-0.15, -0.1) is 0 Å². The Hall–Kier alpha value is -0.530. The quantitative estimate of drug-likeness (QED) is 0.667. The molecule has 0 fully saturated rings. The van der Waals surface area contributed by atoms with Crippen LogP contribution in [0.4, 0.5) is 0 Å². The van der Waals surface area contributed by atoms with Gasteiger partial charge in [0.25, 0.3) is 0 Å². The van der Waals surface area contributed by atoms with Gasteiger partial charge in [0.2, 0.25) is 0 Å².